The molecule has 1 heterocycles. The van der Waals surface area contributed by atoms with Crippen molar-refractivity contribution in [3.05, 3.63) is 48.3 Å². The quantitative estimate of drug-likeness (QED) is 0.795. The molecule has 2 rings (SSSR count). The number of pyridine rings is 1. The summed E-state index contributed by atoms with van der Waals surface area (Å²) in [7, 11) is 0. The highest BCUT2D eigenvalue weighted by Crippen LogP contribution is 2.19. The van der Waals surface area contributed by atoms with Gasteiger partial charge in [-0.1, -0.05) is 6.92 Å². The molecule has 0 saturated heterocycles. The Morgan fingerprint density at radius 1 is 1.24 bits per heavy atom. The van der Waals surface area contributed by atoms with Crippen LogP contribution in [0, 0.1) is 0 Å². The second kappa shape index (κ2) is 7.69. The van der Waals surface area contributed by atoms with Gasteiger partial charge in [0, 0.05) is 23.3 Å². The normalized spacial score (nSPS) is 10.2. The van der Waals surface area contributed by atoms with Crippen molar-refractivity contribution in [1.82, 2.24) is 4.98 Å². The summed E-state index contributed by atoms with van der Waals surface area (Å²) in [6.07, 6.45) is 6.33. The van der Waals surface area contributed by atoms with E-state index >= 15 is 0 Å². The summed E-state index contributed by atoms with van der Waals surface area (Å²) in [4.78, 5) is 17.6. The third-order valence-corrected chi connectivity index (χ3v) is 3.72. The second-order valence-electron chi connectivity index (χ2n) is 4.53. The maximum atomic E-state index is 12.4. The number of hydrogen-bond acceptors (Lipinski definition) is 4. The first-order valence-corrected chi connectivity index (χ1v) is 8.10. The summed E-state index contributed by atoms with van der Waals surface area (Å²) < 4.78 is 0. The Labute approximate surface area is 129 Å². The molecule has 2 N–H and O–H groups in total. The van der Waals surface area contributed by atoms with Gasteiger partial charge in [-0.3, -0.25) is 9.78 Å². The summed E-state index contributed by atoms with van der Waals surface area (Å²) in [5, 5.41) is 6.13. The van der Waals surface area contributed by atoms with Crippen LogP contribution >= 0.6 is 11.8 Å². The van der Waals surface area contributed by atoms with E-state index in [2.05, 4.69) is 22.5 Å². The van der Waals surface area contributed by atoms with E-state index in [-0.39, 0.29) is 5.91 Å². The number of amides is 1. The van der Waals surface area contributed by atoms with Crippen LogP contribution in [0.25, 0.3) is 0 Å². The minimum absolute atomic E-state index is 0.132. The maximum absolute atomic E-state index is 12.4. The first-order valence-electron chi connectivity index (χ1n) is 6.88. The summed E-state index contributed by atoms with van der Waals surface area (Å²) in [5.41, 5.74) is 2.15. The minimum atomic E-state index is -0.132. The molecular weight excluding hydrogens is 282 g/mol. The van der Waals surface area contributed by atoms with Gasteiger partial charge in [0.2, 0.25) is 0 Å². The van der Waals surface area contributed by atoms with Crippen LogP contribution in [-0.4, -0.2) is 23.7 Å². The lowest BCUT2D eigenvalue weighted by Gasteiger charge is -2.11. The van der Waals surface area contributed by atoms with Crippen molar-refractivity contribution >= 4 is 29.0 Å². The minimum Gasteiger partial charge on any atom is -0.383 e. The number of thioether (sulfide) groups is 1. The number of carbonyl (C=O) groups is 1. The molecular formula is C16H19N3OS. The molecule has 21 heavy (non-hydrogen) atoms. The first-order chi connectivity index (χ1) is 10.2. The van der Waals surface area contributed by atoms with Crippen LogP contribution in [0.1, 0.15) is 23.7 Å². The molecule has 4 nitrogen and oxygen atoms in total. The fraction of sp³-hybridized carbons (Fsp3) is 0.250. The first kappa shape index (κ1) is 15.4. The predicted octanol–water partition coefficient (Wildman–Crippen LogP) is 3.88. The second-order valence-corrected chi connectivity index (χ2v) is 5.41. The molecule has 110 valence electrons. The van der Waals surface area contributed by atoms with Crippen LogP contribution < -0.4 is 10.6 Å². The zero-order valence-electron chi connectivity index (χ0n) is 12.2. The fourth-order valence-corrected chi connectivity index (χ4v) is 2.27. The van der Waals surface area contributed by atoms with E-state index in [1.54, 1.807) is 30.2 Å². The van der Waals surface area contributed by atoms with E-state index in [9.17, 15) is 4.79 Å². The number of anilines is 2. The Kier molecular flexibility index (Phi) is 5.63. The highest BCUT2D eigenvalue weighted by Gasteiger charge is 2.11. The lowest BCUT2D eigenvalue weighted by atomic mass is 10.2. The number of nitrogens with zero attached hydrogens (tertiary/aromatic N) is 1. The van der Waals surface area contributed by atoms with Gasteiger partial charge < -0.3 is 10.6 Å². The number of rotatable bonds is 6. The largest absolute Gasteiger partial charge is 0.383 e. The van der Waals surface area contributed by atoms with E-state index in [1.807, 2.05) is 30.5 Å². The van der Waals surface area contributed by atoms with Gasteiger partial charge in [0.1, 0.15) is 0 Å². The van der Waals surface area contributed by atoms with Crippen molar-refractivity contribution in [3.8, 4) is 0 Å². The molecule has 0 bridgehead atoms. The van der Waals surface area contributed by atoms with Crippen molar-refractivity contribution < 1.29 is 4.79 Å². The Hall–Kier alpha value is -2.01. The van der Waals surface area contributed by atoms with Gasteiger partial charge >= 0.3 is 0 Å². The highest BCUT2D eigenvalue weighted by atomic mass is 32.2. The molecule has 0 atom stereocenters. The van der Waals surface area contributed by atoms with E-state index in [4.69, 9.17) is 0 Å². The van der Waals surface area contributed by atoms with E-state index < -0.39 is 0 Å². The predicted molar refractivity (Wildman–Crippen MR) is 89.2 cm³/mol. The standard InChI is InChI=1S/C16H19N3OS/c1-3-9-18-15-11-17-10-8-14(15)16(20)19-12-4-6-13(21-2)7-5-12/h4-8,10-11,18H,3,9H2,1-2H3,(H,19,20). The molecule has 0 radical (unpaired) electrons. The summed E-state index contributed by atoms with van der Waals surface area (Å²) >= 11 is 1.67. The van der Waals surface area contributed by atoms with Crippen LogP contribution in [-0.2, 0) is 0 Å². The van der Waals surface area contributed by atoms with Crippen molar-refractivity contribution in [3.63, 3.8) is 0 Å². The molecule has 1 amide bonds. The molecule has 0 saturated carbocycles. The number of aromatic nitrogens is 1. The average Bonchev–Trinajstić information content (AvgIpc) is 2.54. The fourth-order valence-electron chi connectivity index (χ4n) is 1.87. The molecule has 2 aromatic rings. The lowest BCUT2D eigenvalue weighted by Crippen LogP contribution is -2.15. The third kappa shape index (κ3) is 4.23. The van der Waals surface area contributed by atoms with E-state index in [0.29, 0.717) is 5.56 Å². The van der Waals surface area contributed by atoms with Crippen molar-refractivity contribution in [2.45, 2.75) is 18.2 Å². The Morgan fingerprint density at radius 2 is 2.00 bits per heavy atom. The van der Waals surface area contributed by atoms with E-state index in [1.165, 1.54) is 4.90 Å². The van der Waals surface area contributed by atoms with Crippen molar-refractivity contribution in [1.29, 1.82) is 0 Å². The number of carbonyl (C=O) groups excluding carboxylic acids is 1. The molecule has 0 unspecified atom stereocenters. The number of benzene rings is 1. The van der Waals surface area contributed by atoms with Gasteiger partial charge in [-0.2, -0.15) is 0 Å². The molecule has 1 aromatic carbocycles. The summed E-state index contributed by atoms with van der Waals surface area (Å²) in [6.45, 7) is 2.89. The van der Waals surface area contributed by atoms with Gasteiger partial charge in [0.25, 0.3) is 5.91 Å². The SMILES string of the molecule is CCCNc1cnccc1C(=O)Nc1ccc(SC)cc1. The van der Waals surface area contributed by atoms with E-state index in [0.717, 1.165) is 24.3 Å². The van der Waals surface area contributed by atoms with Gasteiger partial charge in [0.15, 0.2) is 0 Å². The zero-order chi connectivity index (χ0) is 15.1. The molecule has 0 aliphatic carbocycles. The zero-order valence-corrected chi connectivity index (χ0v) is 13.0. The Balaban J connectivity index is 2.12. The average molecular weight is 301 g/mol. The van der Waals surface area contributed by atoms with Crippen LogP contribution in [0.15, 0.2) is 47.6 Å². The van der Waals surface area contributed by atoms with Crippen LogP contribution in [0.3, 0.4) is 0 Å². The molecule has 0 spiro atoms. The smallest absolute Gasteiger partial charge is 0.257 e. The monoisotopic (exact) mass is 301 g/mol. The molecule has 1 aromatic heterocycles. The maximum Gasteiger partial charge on any atom is 0.257 e. The Bertz CT molecular complexity index is 599. The number of nitrogens with one attached hydrogen (secondary N) is 2. The molecule has 0 aliphatic heterocycles. The molecule has 0 aliphatic rings. The van der Waals surface area contributed by atoms with Gasteiger partial charge in [-0.05, 0) is 43.0 Å². The topological polar surface area (TPSA) is 54.0 Å². The third-order valence-electron chi connectivity index (χ3n) is 2.98. The van der Waals surface area contributed by atoms with Crippen molar-refractivity contribution in [2.24, 2.45) is 0 Å². The molecule has 5 heteroatoms. The summed E-state index contributed by atoms with van der Waals surface area (Å²) in [5.74, 6) is -0.132. The van der Waals surface area contributed by atoms with Crippen LogP contribution in [0.5, 0.6) is 0 Å². The van der Waals surface area contributed by atoms with Crippen LogP contribution in [0.2, 0.25) is 0 Å². The van der Waals surface area contributed by atoms with Crippen molar-refractivity contribution in [2.75, 3.05) is 23.4 Å². The van der Waals surface area contributed by atoms with Gasteiger partial charge in [-0.25, -0.2) is 0 Å². The van der Waals surface area contributed by atoms with Crippen LogP contribution in [0.4, 0.5) is 11.4 Å². The number of hydrogen-bond donors (Lipinski definition) is 2. The summed E-state index contributed by atoms with van der Waals surface area (Å²) in [6, 6.07) is 9.52. The molecule has 0 fully saturated rings. The van der Waals surface area contributed by atoms with Gasteiger partial charge in [-0.15, -0.1) is 11.8 Å². The van der Waals surface area contributed by atoms with Gasteiger partial charge in [0.05, 0.1) is 17.4 Å². The Morgan fingerprint density at radius 3 is 2.67 bits per heavy atom. The lowest BCUT2D eigenvalue weighted by molar-refractivity contribution is 0.102. The highest BCUT2D eigenvalue weighted by molar-refractivity contribution is 7.98.